The summed E-state index contributed by atoms with van der Waals surface area (Å²) in [6, 6.07) is -0.822. The standard InChI is InChI=1S/C83H159NO10/c1-3-5-7-9-11-13-15-16-17-44-47-51-55-59-63-67-71-79(88)92-72-68-64-60-56-52-48-45-42-40-38-36-34-32-30-28-26-24-22-20-18-19-21-23-25-27-29-31-33-35-37-39-41-43-46-50-54-58-62-66-70-78(87)84-75(74-93-83-82(91)81(90)80(89)77(73-85)94-83)76(86)69-65-61-57-53-49-14-12-10-8-6-4-2/h49,53,65,69,75-77,80-83,85-86,89-91H,3-48,50-52,54-64,66-68,70-74H2,1-2H3,(H,84,87)/b53-49+,69-65+. The first-order chi connectivity index (χ1) is 46.2. The highest BCUT2D eigenvalue weighted by Gasteiger charge is 2.44. The first kappa shape index (κ1) is 90.2. The minimum Gasteiger partial charge on any atom is -0.466 e. The summed E-state index contributed by atoms with van der Waals surface area (Å²) in [6.07, 6.45) is 83.9. The van der Waals surface area contributed by atoms with Crippen LogP contribution in [0.25, 0.3) is 0 Å². The second-order valence-corrected chi connectivity index (χ2v) is 29.2. The van der Waals surface area contributed by atoms with Gasteiger partial charge in [0.2, 0.25) is 5.91 Å². The number of esters is 1. The van der Waals surface area contributed by atoms with Crippen LogP contribution in [-0.4, -0.2) is 100 Å². The van der Waals surface area contributed by atoms with E-state index in [1.165, 1.54) is 353 Å². The molecule has 1 heterocycles. The molecule has 0 bridgehead atoms. The molecule has 11 heteroatoms. The van der Waals surface area contributed by atoms with E-state index in [9.17, 15) is 35.1 Å². The molecule has 1 amide bonds. The number of hydrogen-bond donors (Lipinski definition) is 6. The molecule has 7 atom stereocenters. The van der Waals surface area contributed by atoms with E-state index in [-0.39, 0.29) is 18.5 Å². The van der Waals surface area contributed by atoms with Gasteiger partial charge in [-0.15, -0.1) is 0 Å². The van der Waals surface area contributed by atoms with Crippen LogP contribution in [-0.2, 0) is 23.8 Å². The summed E-state index contributed by atoms with van der Waals surface area (Å²) in [5.41, 5.74) is 0. The Morgan fingerprint density at radius 3 is 1.05 bits per heavy atom. The molecule has 0 aromatic rings. The number of aliphatic hydroxyl groups is 5. The van der Waals surface area contributed by atoms with Gasteiger partial charge in [0.25, 0.3) is 0 Å². The zero-order chi connectivity index (χ0) is 67.9. The van der Waals surface area contributed by atoms with Crippen molar-refractivity contribution in [3.63, 3.8) is 0 Å². The Morgan fingerprint density at radius 2 is 0.691 bits per heavy atom. The fourth-order valence-electron chi connectivity index (χ4n) is 13.6. The number of rotatable bonds is 75. The summed E-state index contributed by atoms with van der Waals surface area (Å²) in [5.74, 6) is -0.162. The van der Waals surface area contributed by atoms with Gasteiger partial charge in [0.1, 0.15) is 24.4 Å². The van der Waals surface area contributed by atoms with Crippen molar-refractivity contribution in [2.75, 3.05) is 19.8 Å². The van der Waals surface area contributed by atoms with Gasteiger partial charge >= 0.3 is 5.97 Å². The van der Waals surface area contributed by atoms with Gasteiger partial charge in [0, 0.05) is 12.8 Å². The second-order valence-electron chi connectivity index (χ2n) is 29.2. The number of allylic oxidation sites excluding steroid dienone is 3. The van der Waals surface area contributed by atoms with Crippen LogP contribution >= 0.6 is 0 Å². The molecule has 1 aliphatic heterocycles. The average molecular weight is 1330 g/mol. The van der Waals surface area contributed by atoms with Crippen LogP contribution in [0.5, 0.6) is 0 Å². The van der Waals surface area contributed by atoms with Crippen LogP contribution in [0.3, 0.4) is 0 Å². The first-order valence-electron chi connectivity index (χ1n) is 41.6. The Hall–Kier alpha value is -1.86. The third-order valence-corrected chi connectivity index (χ3v) is 20.1. The molecule has 556 valence electrons. The van der Waals surface area contributed by atoms with Gasteiger partial charge in [-0.25, -0.2) is 0 Å². The topological polar surface area (TPSA) is 175 Å². The first-order valence-corrected chi connectivity index (χ1v) is 41.6. The average Bonchev–Trinajstić information content (AvgIpc) is 1.04. The SMILES string of the molecule is CCCCCCC/C=C/CC/C=C/C(O)C(COC1OC(CO)C(O)C(O)C1O)NC(=O)CCCCCCCCCCCCCCCCCCCCCCCCCCCCCCCCCCCCCCCCCOC(=O)CCCCCCCCCCCCCCCCCC. The highest BCUT2D eigenvalue weighted by Crippen LogP contribution is 2.24. The van der Waals surface area contributed by atoms with Crippen LogP contribution < -0.4 is 5.32 Å². The van der Waals surface area contributed by atoms with E-state index >= 15 is 0 Å². The molecule has 1 saturated heterocycles. The van der Waals surface area contributed by atoms with Crippen molar-refractivity contribution in [1.82, 2.24) is 5.32 Å². The minimum absolute atomic E-state index is 0.0227. The van der Waals surface area contributed by atoms with Crippen molar-refractivity contribution in [3.8, 4) is 0 Å². The molecule has 0 aromatic heterocycles. The summed E-state index contributed by atoms with van der Waals surface area (Å²) in [4.78, 5) is 25.2. The van der Waals surface area contributed by atoms with Gasteiger partial charge in [-0.1, -0.05) is 398 Å². The Balaban J connectivity index is 1.84. The van der Waals surface area contributed by atoms with E-state index < -0.39 is 49.5 Å². The molecule has 1 aliphatic rings. The Morgan fingerprint density at radius 1 is 0.383 bits per heavy atom. The molecular weight excluding hydrogens is 1170 g/mol. The number of hydrogen-bond acceptors (Lipinski definition) is 10. The maximum absolute atomic E-state index is 13.1. The third-order valence-electron chi connectivity index (χ3n) is 20.1. The number of carbonyl (C=O) groups excluding carboxylic acids is 2. The van der Waals surface area contributed by atoms with Crippen LogP contribution in [0, 0.1) is 0 Å². The highest BCUT2D eigenvalue weighted by atomic mass is 16.7. The summed E-state index contributed by atoms with van der Waals surface area (Å²) in [7, 11) is 0. The van der Waals surface area contributed by atoms with E-state index in [2.05, 4.69) is 31.3 Å². The Labute approximate surface area is 581 Å². The molecule has 6 N–H and O–H groups in total. The van der Waals surface area contributed by atoms with Crippen molar-refractivity contribution < 1.29 is 49.3 Å². The molecule has 11 nitrogen and oxygen atoms in total. The molecule has 0 aliphatic carbocycles. The van der Waals surface area contributed by atoms with E-state index in [1.54, 1.807) is 6.08 Å². The van der Waals surface area contributed by atoms with Gasteiger partial charge in [0.05, 0.1) is 32.0 Å². The summed E-state index contributed by atoms with van der Waals surface area (Å²) in [6.45, 7) is 4.37. The molecule has 0 spiro atoms. The quantitative estimate of drug-likeness (QED) is 0.0195. The van der Waals surface area contributed by atoms with Crippen molar-refractivity contribution in [2.24, 2.45) is 0 Å². The zero-order valence-corrected chi connectivity index (χ0v) is 62.2. The number of ether oxygens (including phenoxy) is 3. The van der Waals surface area contributed by atoms with Crippen molar-refractivity contribution in [3.05, 3.63) is 24.3 Å². The third kappa shape index (κ3) is 60.1. The van der Waals surface area contributed by atoms with Crippen molar-refractivity contribution in [2.45, 2.75) is 474 Å². The fourth-order valence-corrected chi connectivity index (χ4v) is 13.6. The number of amides is 1. The molecule has 0 radical (unpaired) electrons. The fraction of sp³-hybridized carbons (Fsp3) is 0.928. The number of aliphatic hydroxyl groups excluding tert-OH is 5. The van der Waals surface area contributed by atoms with E-state index in [1.807, 2.05) is 6.08 Å². The number of carbonyl (C=O) groups is 2. The van der Waals surface area contributed by atoms with Crippen LogP contribution in [0.4, 0.5) is 0 Å². The molecular formula is C83H159NO10. The molecule has 7 unspecified atom stereocenters. The smallest absolute Gasteiger partial charge is 0.305 e. The predicted molar refractivity (Wildman–Crippen MR) is 398 cm³/mol. The monoisotopic (exact) mass is 1330 g/mol. The van der Waals surface area contributed by atoms with Crippen LogP contribution in [0.1, 0.15) is 431 Å². The zero-order valence-electron chi connectivity index (χ0n) is 62.2. The maximum Gasteiger partial charge on any atom is 0.305 e. The van der Waals surface area contributed by atoms with E-state index in [4.69, 9.17) is 14.2 Å². The van der Waals surface area contributed by atoms with Gasteiger partial charge < -0.3 is 45.1 Å². The summed E-state index contributed by atoms with van der Waals surface area (Å²) < 4.78 is 16.8. The Bertz CT molecular complexity index is 1610. The lowest BCUT2D eigenvalue weighted by Crippen LogP contribution is -2.60. The lowest BCUT2D eigenvalue weighted by molar-refractivity contribution is -0.302. The van der Waals surface area contributed by atoms with Crippen LogP contribution in [0.2, 0.25) is 0 Å². The number of unbranched alkanes of at least 4 members (excludes halogenated alkanes) is 59. The van der Waals surface area contributed by atoms with Gasteiger partial charge in [-0.05, 0) is 44.9 Å². The Kier molecular flexibility index (Phi) is 69.4. The summed E-state index contributed by atoms with van der Waals surface area (Å²) in [5, 5.41) is 54.4. The van der Waals surface area contributed by atoms with Crippen molar-refractivity contribution in [1.29, 1.82) is 0 Å². The van der Waals surface area contributed by atoms with Gasteiger partial charge in [-0.2, -0.15) is 0 Å². The van der Waals surface area contributed by atoms with Crippen molar-refractivity contribution >= 4 is 11.9 Å². The highest BCUT2D eigenvalue weighted by molar-refractivity contribution is 5.76. The normalized spacial score (nSPS) is 17.5. The minimum atomic E-state index is -1.57. The van der Waals surface area contributed by atoms with Crippen LogP contribution in [0.15, 0.2) is 24.3 Å². The largest absolute Gasteiger partial charge is 0.466 e. The summed E-state index contributed by atoms with van der Waals surface area (Å²) >= 11 is 0. The second kappa shape index (κ2) is 72.4. The number of nitrogens with one attached hydrogen (secondary N) is 1. The van der Waals surface area contributed by atoms with Gasteiger partial charge in [-0.3, -0.25) is 9.59 Å². The predicted octanol–water partition coefficient (Wildman–Crippen LogP) is 22.7. The van der Waals surface area contributed by atoms with E-state index in [0.29, 0.717) is 19.4 Å². The molecule has 1 rings (SSSR count). The lowest BCUT2D eigenvalue weighted by atomic mass is 9.99. The molecule has 94 heavy (non-hydrogen) atoms. The molecule has 0 saturated carbocycles. The lowest BCUT2D eigenvalue weighted by Gasteiger charge is -2.40. The van der Waals surface area contributed by atoms with Gasteiger partial charge in [0.15, 0.2) is 6.29 Å². The molecule has 0 aromatic carbocycles. The maximum atomic E-state index is 13.1. The molecule has 1 fully saturated rings. The van der Waals surface area contributed by atoms with E-state index in [0.717, 1.165) is 51.4 Å².